The van der Waals surface area contributed by atoms with Crippen molar-refractivity contribution in [3.63, 3.8) is 0 Å². The third-order valence-electron chi connectivity index (χ3n) is 4.74. The second kappa shape index (κ2) is 5.73. The average Bonchev–Trinajstić information content (AvgIpc) is 2.71. The molecule has 1 heterocycles. The molecule has 0 bridgehead atoms. The molecule has 0 radical (unpaired) electrons. The first kappa shape index (κ1) is 17.1. The Labute approximate surface area is 138 Å². The highest BCUT2D eigenvalue weighted by Gasteiger charge is 2.37. The van der Waals surface area contributed by atoms with Gasteiger partial charge >= 0.3 is 0 Å². The van der Waals surface area contributed by atoms with Gasteiger partial charge in [0.2, 0.25) is 0 Å². The largest absolute Gasteiger partial charge is 0.411 e. The Bertz CT molecular complexity index is 751. The first-order valence-electron chi connectivity index (χ1n) is 7.39. The van der Waals surface area contributed by atoms with Crippen molar-refractivity contribution in [2.75, 3.05) is 0 Å². The van der Waals surface area contributed by atoms with Crippen LogP contribution in [0, 0.1) is 11.3 Å². The molecule has 118 valence electrons. The summed E-state index contributed by atoms with van der Waals surface area (Å²) in [5, 5.41) is 10.8. The van der Waals surface area contributed by atoms with Crippen molar-refractivity contribution in [2.45, 2.75) is 45.5 Å². The Kier molecular flexibility index (Phi) is 4.45. The van der Waals surface area contributed by atoms with Crippen LogP contribution >= 0.6 is 11.6 Å². The van der Waals surface area contributed by atoms with Crippen LogP contribution in [-0.2, 0) is 18.1 Å². The molecule has 0 unspecified atom stereocenters. The van der Waals surface area contributed by atoms with Crippen molar-refractivity contribution in [3.8, 4) is 6.07 Å². The fourth-order valence-corrected chi connectivity index (χ4v) is 3.25. The molecule has 1 aromatic heterocycles. The molecule has 0 aliphatic heterocycles. The second-order valence-electron chi connectivity index (χ2n) is 7.25. The topological polar surface area (TPSA) is 38.0 Å². The van der Waals surface area contributed by atoms with Crippen LogP contribution in [0.25, 0.3) is 10.9 Å². The summed E-state index contributed by atoms with van der Waals surface area (Å²) in [6, 6.07) is 7.90. The summed E-state index contributed by atoms with van der Waals surface area (Å²) in [6.07, 6.45) is 0. The van der Waals surface area contributed by atoms with Gasteiger partial charge in [0, 0.05) is 23.6 Å². The predicted octanol–water partition coefficient (Wildman–Crippen LogP) is 5.23. The molecule has 1 aromatic carbocycles. The van der Waals surface area contributed by atoms with Gasteiger partial charge in [0.15, 0.2) is 8.32 Å². The molecular weight excluding hydrogens is 312 g/mol. The van der Waals surface area contributed by atoms with Crippen LogP contribution in [0.4, 0.5) is 0 Å². The summed E-state index contributed by atoms with van der Waals surface area (Å²) in [4.78, 5) is 0. The van der Waals surface area contributed by atoms with Crippen LogP contribution in [0.1, 0.15) is 32.0 Å². The summed E-state index contributed by atoms with van der Waals surface area (Å²) in [5.41, 5.74) is 2.64. The zero-order chi connectivity index (χ0) is 16.7. The molecule has 0 atom stereocenters. The number of hydrogen-bond donors (Lipinski definition) is 0. The average molecular weight is 335 g/mol. The smallest absolute Gasteiger partial charge is 0.192 e. The van der Waals surface area contributed by atoms with Crippen LogP contribution < -0.4 is 0 Å². The fraction of sp³-hybridized carbons (Fsp3) is 0.471. The predicted molar refractivity (Wildman–Crippen MR) is 94.6 cm³/mol. The van der Waals surface area contributed by atoms with Gasteiger partial charge in [-0.3, -0.25) is 0 Å². The van der Waals surface area contributed by atoms with E-state index in [-0.39, 0.29) is 5.04 Å². The number of benzene rings is 1. The first-order valence-corrected chi connectivity index (χ1v) is 10.7. The molecule has 0 spiro atoms. The van der Waals surface area contributed by atoms with Gasteiger partial charge in [-0.2, -0.15) is 5.26 Å². The van der Waals surface area contributed by atoms with E-state index in [0.717, 1.165) is 16.6 Å². The number of hydrogen-bond acceptors (Lipinski definition) is 2. The summed E-state index contributed by atoms with van der Waals surface area (Å²) in [6.45, 7) is 11.8. The first-order chi connectivity index (χ1) is 10.1. The minimum absolute atomic E-state index is 0.189. The van der Waals surface area contributed by atoms with Gasteiger partial charge in [-0.25, -0.2) is 0 Å². The van der Waals surface area contributed by atoms with E-state index in [1.54, 1.807) is 0 Å². The lowest BCUT2D eigenvalue weighted by Gasteiger charge is -2.36. The number of halogens is 1. The maximum Gasteiger partial charge on any atom is 0.192 e. The van der Waals surface area contributed by atoms with E-state index in [4.69, 9.17) is 21.3 Å². The third-order valence-corrected chi connectivity index (χ3v) is 9.53. The Morgan fingerprint density at radius 1 is 1.27 bits per heavy atom. The lowest BCUT2D eigenvalue weighted by Crippen LogP contribution is -2.40. The van der Waals surface area contributed by atoms with E-state index in [1.807, 2.05) is 19.2 Å². The molecule has 22 heavy (non-hydrogen) atoms. The molecule has 0 N–H and O–H groups in total. The number of aromatic nitrogens is 1. The number of nitrogens with zero attached hydrogens (tertiary/aromatic N) is 2. The van der Waals surface area contributed by atoms with Crippen molar-refractivity contribution >= 4 is 30.8 Å². The van der Waals surface area contributed by atoms with E-state index in [2.05, 4.69) is 50.6 Å². The molecule has 2 aromatic rings. The van der Waals surface area contributed by atoms with Crippen LogP contribution in [0.3, 0.4) is 0 Å². The normalized spacial score (nSPS) is 12.6. The highest BCUT2D eigenvalue weighted by molar-refractivity contribution is 6.74. The van der Waals surface area contributed by atoms with Crippen LogP contribution in [0.2, 0.25) is 23.2 Å². The summed E-state index contributed by atoms with van der Waals surface area (Å²) in [5.74, 6) is 0. The summed E-state index contributed by atoms with van der Waals surface area (Å²) in [7, 11) is 0.229. The molecule has 0 aliphatic carbocycles. The fourth-order valence-electron chi connectivity index (χ4n) is 2.11. The van der Waals surface area contributed by atoms with Gasteiger partial charge in [-0.1, -0.05) is 32.4 Å². The number of aryl methyl sites for hydroxylation is 1. The van der Waals surface area contributed by atoms with Crippen LogP contribution in [-0.4, -0.2) is 12.9 Å². The van der Waals surface area contributed by atoms with Gasteiger partial charge in [0.05, 0.1) is 17.2 Å². The maximum atomic E-state index is 9.09. The molecule has 0 aliphatic rings. The van der Waals surface area contributed by atoms with E-state index >= 15 is 0 Å². The molecule has 0 amide bonds. The zero-order valence-corrected chi connectivity index (χ0v) is 15.9. The van der Waals surface area contributed by atoms with Crippen molar-refractivity contribution in [1.82, 2.24) is 4.57 Å². The second-order valence-corrected chi connectivity index (χ2v) is 12.5. The van der Waals surface area contributed by atoms with Gasteiger partial charge in [0.25, 0.3) is 0 Å². The monoisotopic (exact) mass is 334 g/mol. The van der Waals surface area contributed by atoms with Crippen LogP contribution in [0.5, 0.6) is 0 Å². The maximum absolute atomic E-state index is 9.09. The standard InChI is InChI=1S/C17H23ClN2OSi/c1-17(2,3)22(5,6)21-11-14-8-12-7-13(10-19)15(18)9-16(12)20(14)4/h7-9H,11H2,1-6H3. The Balaban J connectivity index is 2.34. The minimum Gasteiger partial charge on any atom is -0.411 e. The Morgan fingerprint density at radius 3 is 2.45 bits per heavy atom. The molecule has 5 heteroatoms. The Hall–Kier alpha value is -1.28. The van der Waals surface area contributed by atoms with E-state index in [0.29, 0.717) is 17.2 Å². The quantitative estimate of drug-likeness (QED) is 0.721. The van der Waals surface area contributed by atoms with Crippen molar-refractivity contribution in [1.29, 1.82) is 5.26 Å². The Morgan fingerprint density at radius 2 is 1.91 bits per heavy atom. The highest BCUT2D eigenvalue weighted by Crippen LogP contribution is 2.37. The third kappa shape index (κ3) is 3.07. The molecule has 3 nitrogen and oxygen atoms in total. The molecule has 2 rings (SSSR count). The summed E-state index contributed by atoms with van der Waals surface area (Å²) < 4.78 is 8.39. The summed E-state index contributed by atoms with van der Waals surface area (Å²) >= 11 is 6.13. The number of fused-ring (bicyclic) bond motifs is 1. The zero-order valence-electron chi connectivity index (χ0n) is 14.1. The van der Waals surface area contributed by atoms with E-state index < -0.39 is 8.32 Å². The minimum atomic E-state index is -1.78. The van der Waals surface area contributed by atoms with Gasteiger partial charge in [-0.05, 0) is 36.3 Å². The molecular formula is C17H23ClN2OSi. The number of nitriles is 1. The lowest BCUT2D eigenvalue weighted by atomic mass is 10.2. The van der Waals surface area contributed by atoms with Crippen molar-refractivity contribution in [3.05, 3.63) is 34.5 Å². The SMILES string of the molecule is Cn1c(CO[Si](C)(C)C(C)(C)C)cc2cc(C#N)c(Cl)cc21. The van der Waals surface area contributed by atoms with E-state index in [1.165, 1.54) is 0 Å². The molecule has 0 saturated carbocycles. The lowest BCUT2D eigenvalue weighted by molar-refractivity contribution is 0.269. The number of rotatable bonds is 3. The van der Waals surface area contributed by atoms with Crippen molar-refractivity contribution in [2.24, 2.45) is 7.05 Å². The van der Waals surface area contributed by atoms with Crippen LogP contribution in [0.15, 0.2) is 18.2 Å². The molecule has 0 fully saturated rings. The highest BCUT2D eigenvalue weighted by atomic mass is 35.5. The van der Waals surface area contributed by atoms with Gasteiger partial charge < -0.3 is 8.99 Å². The van der Waals surface area contributed by atoms with Gasteiger partial charge in [-0.15, -0.1) is 0 Å². The molecule has 0 saturated heterocycles. The van der Waals surface area contributed by atoms with E-state index in [9.17, 15) is 0 Å². The van der Waals surface area contributed by atoms with Crippen molar-refractivity contribution < 1.29 is 4.43 Å². The van der Waals surface area contributed by atoms with Gasteiger partial charge in [0.1, 0.15) is 6.07 Å².